The van der Waals surface area contributed by atoms with Crippen LogP contribution < -0.4 is 0 Å². The number of aromatic nitrogens is 2. The normalized spacial score (nSPS) is 18.3. The zero-order chi connectivity index (χ0) is 16.6. The van der Waals surface area contributed by atoms with E-state index in [2.05, 4.69) is 4.98 Å². The largest absolute Gasteiger partial charge is 0.481 e. The van der Waals surface area contributed by atoms with Crippen LogP contribution in [0.25, 0.3) is 5.65 Å². The number of carboxylic acid groups (broad SMARTS) is 1. The lowest BCUT2D eigenvalue weighted by atomic mass is 9.98. The van der Waals surface area contributed by atoms with Gasteiger partial charge in [0.15, 0.2) is 0 Å². The molecule has 122 valence electrons. The Hall–Kier alpha value is -2.37. The van der Waals surface area contributed by atoms with Gasteiger partial charge in [0, 0.05) is 19.3 Å². The number of nitrogens with zero attached hydrogens (tertiary/aromatic N) is 3. The molecule has 1 fully saturated rings. The van der Waals surface area contributed by atoms with Crippen molar-refractivity contribution < 1.29 is 14.7 Å². The number of piperidine rings is 1. The molecular weight excluding hydrogens is 294 g/mol. The summed E-state index contributed by atoms with van der Waals surface area (Å²) >= 11 is 0. The molecule has 1 aliphatic rings. The second-order valence-corrected chi connectivity index (χ2v) is 6.07. The van der Waals surface area contributed by atoms with Crippen LogP contribution in [0.15, 0.2) is 18.3 Å². The number of pyridine rings is 1. The van der Waals surface area contributed by atoms with Crippen molar-refractivity contribution in [2.24, 2.45) is 5.92 Å². The van der Waals surface area contributed by atoms with Crippen molar-refractivity contribution in [3.63, 3.8) is 0 Å². The average Bonchev–Trinajstić information content (AvgIpc) is 2.94. The Morgan fingerprint density at radius 1 is 1.43 bits per heavy atom. The fourth-order valence-corrected chi connectivity index (χ4v) is 3.24. The van der Waals surface area contributed by atoms with Gasteiger partial charge in [-0.25, -0.2) is 4.98 Å². The van der Waals surface area contributed by atoms with E-state index in [4.69, 9.17) is 0 Å². The highest BCUT2D eigenvalue weighted by molar-refractivity contribution is 5.95. The number of rotatable bonds is 3. The summed E-state index contributed by atoms with van der Waals surface area (Å²) < 4.78 is 1.83. The van der Waals surface area contributed by atoms with Crippen molar-refractivity contribution in [2.45, 2.75) is 33.1 Å². The highest BCUT2D eigenvalue weighted by Crippen LogP contribution is 2.22. The van der Waals surface area contributed by atoms with Gasteiger partial charge in [0.1, 0.15) is 11.3 Å². The van der Waals surface area contributed by atoms with Gasteiger partial charge in [0.05, 0.1) is 11.6 Å². The SMILES string of the molecule is CCc1nc2c(C)cccn2c1C(=O)N1CCCC(C(=O)O)C1. The number of amides is 1. The smallest absolute Gasteiger partial charge is 0.308 e. The Labute approximate surface area is 134 Å². The summed E-state index contributed by atoms with van der Waals surface area (Å²) in [5.41, 5.74) is 3.14. The van der Waals surface area contributed by atoms with Crippen molar-refractivity contribution in [1.82, 2.24) is 14.3 Å². The molecule has 0 radical (unpaired) electrons. The van der Waals surface area contributed by atoms with Crippen LogP contribution in [0.5, 0.6) is 0 Å². The molecule has 3 heterocycles. The molecule has 1 unspecified atom stereocenters. The van der Waals surface area contributed by atoms with Gasteiger partial charge in [-0.2, -0.15) is 0 Å². The van der Waals surface area contributed by atoms with Crippen molar-refractivity contribution in [3.8, 4) is 0 Å². The van der Waals surface area contributed by atoms with Crippen LogP contribution in [0.3, 0.4) is 0 Å². The average molecular weight is 315 g/mol. The maximum Gasteiger partial charge on any atom is 0.308 e. The Morgan fingerprint density at radius 3 is 2.91 bits per heavy atom. The van der Waals surface area contributed by atoms with E-state index in [1.807, 2.05) is 36.6 Å². The first kappa shape index (κ1) is 15.5. The van der Waals surface area contributed by atoms with Gasteiger partial charge in [0.2, 0.25) is 0 Å². The number of aryl methyl sites for hydroxylation is 2. The molecule has 0 aliphatic carbocycles. The summed E-state index contributed by atoms with van der Waals surface area (Å²) in [6.45, 7) is 4.82. The van der Waals surface area contributed by atoms with Gasteiger partial charge >= 0.3 is 5.97 Å². The quantitative estimate of drug-likeness (QED) is 0.941. The molecule has 6 nitrogen and oxygen atoms in total. The maximum absolute atomic E-state index is 13.0. The van der Waals surface area contributed by atoms with Crippen LogP contribution >= 0.6 is 0 Å². The van der Waals surface area contributed by atoms with Crippen LogP contribution in [0.4, 0.5) is 0 Å². The third-order valence-corrected chi connectivity index (χ3v) is 4.51. The van der Waals surface area contributed by atoms with E-state index < -0.39 is 11.9 Å². The van der Waals surface area contributed by atoms with Crippen LogP contribution in [-0.4, -0.2) is 44.4 Å². The van der Waals surface area contributed by atoms with Crippen LogP contribution in [-0.2, 0) is 11.2 Å². The predicted octanol–water partition coefficient (Wildman–Crippen LogP) is 2.14. The predicted molar refractivity (Wildman–Crippen MR) is 85.6 cm³/mol. The van der Waals surface area contributed by atoms with Crippen LogP contribution in [0.1, 0.15) is 41.5 Å². The molecule has 2 aromatic rings. The number of hydrogen-bond donors (Lipinski definition) is 1. The number of imidazole rings is 1. The van der Waals surface area contributed by atoms with Crippen LogP contribution in [0.2, 0.25) is 0 Å². The molecule has 3 rings (SSSR count). The van der Waals surface area contributed by atoms with E-state index >= 15 is 0 Å². The molecule has 0 aromatic carbocycles. The Morgan fingerprint density at radius 2 is 2.22 bits per heavy atom. The van der Waals surface area contributed by atoms with Crippen molar-refractivity contribution in [3.05, 3.63) is 35.3 Å². The molecule has 0 bridgehead atoms. The first-order valence-electron chi connectivity index (χ1n) is 8.01. The third-order valence-electron chi connectivity index (χ3n) is 4.51. The number of hydrogen-bond acceptors (Lipinski definition) is 3. The maximum atomic E-state index is 13.0. The second-order valence-electron chi connectivity index (χ2n) is 6.07. The fourth-order valence-electron chi connectivity index (χ4n) is 3.24. The zero-order valence-corrected chi connectivity index (χ0v) is 13.5. The number of carboxylic acids is 1. The molecule has 1 N–H and O–H groups in total. The molecule has 23 heavy (non-hydrogen) atoms. The molecule has 1 saturated heterocycles. The Bertz CT molecular complexity index is 766. The molecule has 1 aliphatic heterocycles. The van der Waals surface area contributed by atoms with E-state index in [1.54, 1.807) is 4.90 Å². The molecular formula is C17H21N3O3. The summed E-state index contributed by atoms with van der Waals surface area (Å²) in [5, 5.41) is 9.22. The van der Waals surface area contributed by atoms with Gasteiger partial charge in [-0.05, 0) is 37.8 Å². The topological polar surface area (TPSA) is 74.9 Å². The molecule has 0 spiro atoms. The lowest BCUT2D eigenvalue weighted by Crippen LogP contribution is -2.43. The van der Waals surface area contributed by atoms with Crippen LogP contribution in [0, 0.1) is 12.8 Å². The highest BCUT2D eigenvalue weighted by atomic mass is 16.4. The number of aliphatic carboxylic acids is 1. The minimum atomic E-state index is -0.827. The molecule has 6 heteroatoms. The Balaban J connectivity index is 2.00. The zero-order valence-electron chi connectivity index (χ0n) is 13.5. The van der Waals surface area contributed by atoms with Gasteiger partial charge in [0.25, 0.3) is 5.91 Å². The lowest BCUT2D eigenvalue weighted by Gasteiger charge is -2.30. The summed E-state index contributed by atoms with van der Waals surface area (Å²) in [6, 6.07) is 3.87. The molecule has 1 amide bonds. The first-order valence-corrected chi connectivity index (χ1v) is 8.01. The van der Waals surface area contributed by atoms with Crippen molar-refractivity contribution >= 4 is 17.5 Å². The van der Waals surface area contributed by atoms with Gasteiger partial charge in [-0.15, -0.1) is 0 Å². The fraction of sp³-hybridized carbons (Fsp3) is 0.471. The second kappa shape index (κ2) is 6.02. The molecule has 0 saturated carbocycles. The molecule has 1 atom stereocenters. The van der Waals surface area contributed by atoms with E-state index in [0.717, 1.165) is 23.3 Å². The van der Waals surface area contributed by atoms with Gasteiger partial charge in [-0.3, -0.25) is 14.0 Å². The van der Waals surface area contributed by atoms with E-state index in [0.29, 0.717) is 25.1 Å². The number of fused-ring (bicyclic) bond motifs is 1. The Kier molecular flexibility index (Phi) is 4.07. The standard InChI is InChI=1S/C17H21N3O3/c1-3-13-14(20-9-4-6-11(2)15(20)18-13)16(21)19-8-5-7-12(10-19)17(22)23/h4,6,9,12H,3,5,7-8,10H2,1-2H3,(H,22,23). The van der Waals surface area contributed by atoms with E-state index in [1.165, 1.54) is 0 Å². The summed E-state index contributed by atoms with van der Waals surface area (Å²) in [4.78, 5) is 30.5. The number of carbonyl (C=O) groups excluding carboxylic acids is 1. The van der Waals surface area contributed by atoms with Crippen molar-refractivity contribution in [1.29, 1.82) is 0 Å². The first-order chi connectivity index (χ1) is 11.0. The summed E-state index contributed by atoms with van der Waals surface area (Å²) in [6.07, 6.45) is 3.87. The monoisotopic (exact) mass is 315 g/mol. The van der Waals surface area contributed by atoms with E-state index in [-0.39, 0.29) is 12.5 Å². The van der Waals surface area contributed by atoms with Crippen molar-refractivity contribution in [2.75, 3.05) is 13.1 Å². The van der Waals surface area contributed by atoms with E-state index in [9.17, 15) is 14.7 Å². The summed E-state index contributed by atoms with van der Waals surface area (Å²) in [5.74, 6) is -1.42. The number of carbonyl (C=O) groups is 2. The lowest BCUT2D eigenvalue weighted by molar-refractivity contribution is -0.143. The minimum Gasteiger partial charge on any atom is -0.481 e. The number of likely N-dealkylation sites (tertiary alicyclic amines) is 1. The summed E-state index contributed by atoms with van der Waals surface area (Å²) in [7, 11) is 0. The third kappa shape index (κ3) is 2.69. The minimum absolute atomic E-state index is 0.120. The highest BCUT2D eigenvalue weighted by Gasteiger charge is 2.31. The van der Waals surface area contributed by atoms with Gasteiger partial charge < -0.3 is 10.0 Å². The van der Waals surface area contributed by atoms with Gasteiger partial charge in [-0.1, -0.05) is 13.0 Å². The molecule has 2 aromatic heterocycles.